The molecular formula is C22H23F3N2O3. The minimum atomic E-state index is -4.34. The van der Waals surface area contributed by atoms with E-state index < -0.39 is 17.3 Å². The molecule has 0 unspecified atom stereocenters. The lowest BCUT2D eigenvalue weighted by atomic mass is 9.90. The van der Waals surface area contributed by atoms with Gasteiger partial charge in [0.05, 0.1) is 18.8 Å². The molecule has 4 rings (SSSR count). The van der Waals surface area contributed by atoms with Crippen LogP contribution in [0, 0.1) is 0 Å². The van der Waals surface area contributed by atoms with E-state index in [9.17, 15) is 23.1 Å². The van der Waals surface area contributed by atoms with E-state index >= 15 is 0 Å². The van der Waals surface area contributed by atoms with Gasteiger partial charge in [-0.25, -0.2) is 0 Å². The first-order chi connectivity index (χ1) is 14.2. The molecule has 0 aromatic heterocycles. The smallest absolute Gasteiger partial charge is 0.382 e. The van der Waals surface area contributed by atoms with Crippen LogP contribution in [-0.4, -0.2) is 48.3 Å². The van der Waals surface area contributed by atoms with E-state index in [1.807, 2.05) is 0 Å². The van der Waals surface area contributed by atoms with Gasteiger partial charge in [-0.15, -0.1) is 0 Å². The van der Waals surface area contributed by atoms with Crippen LogP contribution in [0.5, 0.6) is 0 Å². The van der Waals surface area contributed by atoms with Gasteiger partial charge in [0.1, 0.15) is 5.60 Å². The molecule has 2 N–H and O–H groups in total. The number of hydrogen-bond acceptors (Lipinski definition) is 4. The summed E-state index contributed by atoms with van der Waals surface area (Å²) in [5.74, 6) is -0.0892. The third kappa shape index (κ3) is 4.29. The third-order valence-corrected chi connectivity index (χ3v) is 5.69. The largest absolute Gasteiger partial charge is 0.416 e. The lowest BCUT2D eigenvalue weighted by molar-refractivity contribution is -0.184. The van der Waals surface area contributed by atoms with Crippen LogP contribution < -0.4 is 5.32 Å². The maximum Gasteiger partial charge on any atom is 0.416 e. The number of anilines is 1. The summed E-state index contributed by atoms with van der Waals surface area (Å²) in [6.45, 7) is 1.56. The molecule has 2 aliphatic heterocycles. The Bertz CT molecular complexity index is 903. The molecule has 0 atom stereocenters. The SMILES string of the molecule is O=C(c1cccc(C2(O)COC2)c1)N1CCC(Nc2ccc(C(F)(F)F)cc2)CC1. The molecule has 0 spiro atoms. The van der Waals surface area contributed by atoms with Crippen molar-refractivity contribution in [2.24, 2.45) is 0 Å². The lowest BCUT2D eigenvalue weighted by Crippen LogP contribution is -2.46. The molecule has 0 saturated carbocycles. The molecule has 2 saturated heterocycles. The number of hydrogen-bond donors (Lipinski definition) is 2. The molecule has 2 aliphatic rings. The van der Waals surface area contributed by atoms with Crippen molar-refractivity contribution in [2.75, 3.05) is 31.6 Å². The van der Waals surface area contributed by atoms with Crippen LogP contribution in [0.3, 0.4) is 0 Å². The molecule has 0 radical (unpaired) electrons. The molecule has 1 amide bonds. The Hall–Kier alpha value is -2.58. The number of ether oxygens (including phenoxy) is 1. The summed E-state index contributed by atoms with van der Waals surface area (Å²) in [5.41, 5.74) is 0.153. The fraction of sp³-hybridized carbons (Fsp3) is 0.409. The maximum absolute atomic E-state index is 12.9. The van der Waals surface area contributed by atoms with Gasteiger partial charge in [-0.05, 0) is 54.8 Å². The fourth-order valence-corrected chi connectivity index (χ4v) is 3.80. The number of carbonyl (C=O) groups excluding carboxylic acids is 1. The molecule has 2 aromatic carbocycles. The van der Waals surface area contributed by atoms with Crippen molar-refractivity contribution < 1.29 is 27.8 Å². The van der Waals surface area contributed by atoms with E-state index in [1.165, 1.54) is 12.1 Å². The summed E-state index contributed by atoms with van der Waals surface area (Å²) in [6, 6.07) is 12.1. The van der Waals surface area contributed by atoms with E-state index in [-0.39, 0.29) is 25.2 Å². The van der Waals surface area contributed by atoms with Crippen LogP contribution >= 0.6 is 0 Å². The summed E-state index contributed by atoms with van der Waals surface area (Å²) in [7, 11) is 0. The molecule has 2 aromatic rings. The van der Waals surface area contributed by atoms with Crippen molar-refractivity contribution in [2.45, 2.75) is 30.7 Å². The molecule has 5 nitrogen and oxygen atoms in total. The quantitative estimate of drug-likeness (QED) is 0.793. The molecule has 0 aliphatic carbocycles. The topological polar surface area (TPSA) is 61.8 Å². The van der Waals surface area contributed by atoms with Gasteiger partial charge in [-0.3, -0.25) is 4.79 Å². The molecular weight excluding hydrogens is 397 g/mol. The monoisotopic (exact) mass is 420 g/mol. The van der Waals surface area contributed by atoms with Crippen LogP contribution in [0.4, 0.5) is 18.9 Å². The maximum atomic E-state index is 12.9. The first-order valence-electron chi connectivity index (χ1n) is 9.88. The van der Waals surface area contributed by atoms with Crippen molar-refractivity contribution in [1.29, 1.82) is 0 Å². The molecule has 2 heterocycles. The average Bonchev–Trinajstić information content (AvgIpc) is 2.72. The second-order valence-corrected chi connectivity index (χ2v) is 7.89. The van der Waals surface area contributed by atoms with Crippen molar-refractivity contribution in [3.63, 3.8) is 0 Å². The number of alkyl halides is 3. The zero-order chi connectivity index (χ0) is 21.4. The molecule has 30 heavy (non-hydrogen) atoms. The molecule has 2 fully saturated rings. The summed E-state index contributed by atoms with van der Waals surface area (Å²) in [5, 5.41) is 13.7. The third-order valence-electron chi connectivity index (χ3n) is 5.69. The van der Waals surface area contributed by atoms with Gasteiger partial charge < -0.3 is 20.1 Å². The molecule has 8 heteroatoms. The number of nitrogens with zero attached hydrogens (tertiary/aromatic N) is 1. The zero-order valence-corrected chi connectivity index (χ0v) is 16.3. The number of halogens is 3. The van der Waals surface area contributed by atoms with Crippen molar-refractivity contribution in [3.8, 4) is 0 Å². The first-order valence-corrected chi connectivity index (χ1v) is 9.88. The second-order valence-electron chi connectivity index (χ2n) is 7.89. The van der Waals surface area contributed by atoms with Gasteiger partial charge in [-0.1, -0.05) is 12.1 Å². The first kappa shape index (κ1) is 20.7. The van der Waals surface area contributed by atoms with Crippen LogP contribution in [0.15, 0.2) is 48.5 Å². The molecule has 0 bridgehead atoms. The normalized spacial score (nSPS) is 19.3. The summed E-state index contributed by atoms with van der Waals surface area (Å²) >= 11 is 0. The summed E-state index contributed by atoms with van der Waals surface area (Å²) in [4.78, 5) is 14.6. The van der Waals surface area contributed by atoms with E-state index in [4.69, 9.17) is 4.74 Å². The minimum Gasteiger partial charge on any atom is -0.382 e. The van der Waals surface area contributed by atoms with Crippen LogP contribution in [-0.2, 0) is 16.5 Å². The Morgan fingerprint density at radius 2 is 1.77 bits per heavy atom. The minimum absolute atomic E-state index is 0.0879. The Morgan fingerprint density at radius 3 is 2.33 bits per heavy atom. The van der Waals surface area contributed by atoms with Crippen LogP contribution in [0.2, 0.25) is 0 Å². The summed E-state index contributed by atoms with van der Waals surface area (Å²) in [6.07, 6.45) is -2.95. The predicted molar refractivity (Wildman–Crippen MR) is 105 cm³/mol. The van der Waals surface area contributed by atoms with Crippen molar-refractivity contribution in [1.82, 2.24) is 4.90 Å². The van der Waals surface area contributed by atoms with Gasteiger partial charge in [0.15, 0.2) is 0 Å². The highest BCUT2D eigenvalue weighted by Crippen LogP contribution is 2.31. The highest BCUT2D eigenvalue weighted by molar-refractivity contribution is 5.94. The lowest BCUT2D eigenvalue weighted by Gasteiger charge is -2.37. The number of carbonyl (C=O) groups is 1. The number of rotatable bonds is 4. The Balaban J connectivity index is 1.33. The number of aliphatic hydroxyl groups is 1. The highest BCUT2D eigenvalue weighted by atomic mass is 19.4. The number of nitrogens with one attached hydrogen (secondary N) is 1. The van der Waals surface area contributed by atoms with Gasteiger partial charge in [0.25, 0.3) is 5.91 Å². The second kappa shape index (κ2) is 7.92. The number of benzene rings is 2. The van der Waals surface area contributed by atoms with Crippen molar-refractivity contribution >= 4 is 11.6 Å². The molecule has 160 valence electrons. The van der Waals surface area contributed by atoms with Crippen LogP contribution in [0.1, 0.15) is 34.3 Å². The fourth-order valence-electron chi connectivity index (χ4n) is 3.80. The van der Waals surface area contributed by atoms with Gasteiger partial charge in [0, 0.05) is 30.4 Å². The number of likely N-dealkylation sites (tertiary alicyclic amines) is 1. The van der Waals surface area contributed by atoms with Gasteiger partial charge >= 0.3 is 6.18 Å². The Labute approximate surface area is 172 Å². The summed E-state index contributed by atoms with van der Waals surface area (Å²) < 4.78 is 43.1. The van der Waals surface area contributed by atoms with Crippen LogP contribution in [0.25, 0.3) is 0 Å². The standard InChI is InChI=1S/C22H23F3N2O3/c23-22(24,25)16-4-6-18(7-5-16)26-19-8-10-27(11-9-19)20(28)15-2-1-3-17(12-15)21(29)13-30-14-21/h1-7,12,19,26,29H,8-11,13-14H2. The predicted octanol–water partition coefficient (Wildman–Crippen LogP) is 3.64. The van der Waals surface area contributed by atoms with Crippen molar-refractivity contribution in [3.05, 3.63) is 65.2 Å². The van der Waals surface area contributed by atoms with Gasteiger partial charge in [0.2, 0.25) is 0 Å². The average molecular weight is 420 g/mol. The zero-order valence-electron chi connectivity index (χ0n) is 16.3. The number of piperidine rings is 1. The number of amides is 1. The van der Waals surface area contributed by atoms with E-state index in [0.717, 1.165) is 12.1 Å². The van der Waals surface area contributed by atoms with Gasteiger partial charge in [-0.2, -0.15) is 13.2 Å². The Kier molecular flexibility index (Phi) is 5.46. The van der Waals surface area contributed by atoms with E-state index in [2.05, 4.69) is 5.32 Å². The van der Waals surface area contributed by atoms with E-state index in [1.54, 1.807) is 29.2 Å². The highest BCUT2D eigenvalue weighted by Gasteiger charge is 2.38. The van der Waals surface area contributed by atoms with E-state index in [0.29, 0.717) is 42.7 Å². The Morgan fingerprint density at radius 1 is 1.10 bits per heavy atom.